The molecular formula is C26H21N3O10S. The second kappa shape index (κ2) is 11.4. The standard InChI is InChI=1S/C26H21N3O10S/c1-2-39-26(34)21-18-9-5-6-10-20(18)40-24(21)27(22(30)15-7-3-4-8-16(15)25(32)33)23(31)17-12-11-14(28(35)36)13-19(17)29(37)38/h3-4,7-8,11-13H,2,5-6,9-10H2,1H3,(H,32,33). The summed E-state index contributed by atoms with van der Waals surface area (Å²) < 4.78 is 5.22. The summed E-state index contributed by atoms with van der Waals surface area (Å²) in [6, 6.07) is 7.39. The van der Waals surface area contributed by atoms with Crippen LogP contribution in [0.25, 0.3) is 0 Å². The van der Waals surface area contributed by atoms with E-state index in [0.717, 1.165) is 47.3 Å². The molecule has 206 valence electrons. The van der Waals surface area contributed by atoms with Gasteiger partial charge in [0.1, 0.15) is 10.6 Å². The van der Waals surface area contributed by atoms with E-state index in [9.17, 15) is 44.5 Å². The molecule has 0 bridgehead atoms. The Morgan fingerprint density at radius 3 is 2.23 bits per heavy atom. The van der Waals surface area contributed by atoms with E-state index in [4.69, 9.17) is 4.74 Å². The molecule has 1 aromatic heterocycles. The van der Waals surface area contributed by atoms with E-state index in [2.05, 4.69) is 0 Å². The minimum atomic E-state index is -1.46. The highest BCUT2D eigenvalue weighted by atomic mass is 32.1. The van der Waals surface area contributed by atoms with Crippen LogP contribution < -0.4 is 4.90 Å². The van der Waals surface area contributed by atoms with Crippen LogP contribution in [0.4, 0.5) is 16.4 Å². The van der Waals surface area contributed by atoms with E-state index in [1.165, 1.54) is 18.2 Å². The first-order chi connectivity index (χ1) is 19.1. The predicted octanol–water partition coefficient (Wildman–Crippen LogP) is 4.81. The molecule has 0 atom stereocenters. The first kappa shape index (κ1) is 28.0. The number of thiophene rings is 1. The molecule has 0 saturated carbocycles. The summed E-state index contributed by atoms with van der Waals surface area (Å²) in [6.45, 7) is 1.56. The lowest BCUT2D eigenvalue weighted by Gasteiger charge is -2.22. The van der Waals surface area contributed by atoms with Crippen LogP contribution in [0.2, 0.25) is 0 Å². The third kappa shape index (κ3) is 5.16. The van der Waals surface area contributed by atoms with Gasteiger partial charge in [0.2, 0.25) is 0 Å². The summed E-state index contributed by atoms with van der Waals surface area (Å²) in [5.74, 6) is -4.70. The van der Waals surface area contributed by atoms with Gasteiger partial charge in [0, 0.05) is 10.9 Å². The molecule has 1 heterocycles. The Labute approximate surface area is 229 Å². The van der Waals surface area contributed by atoms with Crippen LogP contribution in [-0.2, 0) is 17.6 Å². The first-order valence-corrected chi connectivity index (χ1v) is 12.8. The first-order valence-electron chi connectivity index (χ1n) is 12.0. The number of anilines is 1. The van der Waals surface area contributed by atoms with Gasteiger partial charge in [0.15, 0.2) is 0 Å². The van der Waals surface area contributed by atoms with Crippen molar-refractivity contribution < 1.29 is 38.9 Å². The van der Waals surface area contributed by atoms with Crippen LogP contribution in [0, 0.1) is 20.2 Å². The summed E-state index contributed by atoms with van der Waals surface area (Å²) in [6.07, 6.45) is 2.52. The number of imide groups is 1. The summed E-state index contributed by atoms with van der Waals surface area (Å²) in [5.41, 5.74) is -2.59. The minimum absolute atomic E-state index is 0.0134. The third-order valence-corrected chi connectivity index (χ3v) is 7.53. The van der Waals surface area contributed by atoms with Crippen molar-refractivity contribution in [2.24, 2.45) is 0 Å². The summed E-state index contributed by atoms with van der Waals surface area (Å²) in [4.78, 5) is 75.5. The second-order valence-corrected chi connectivity index (χ2v) is 9.71. The molecule has 3 aromatic rings. The van der Waals surface area contributed by atoms with E-state index >= 15 is 0 Å². The third-order valence-electron chi connectivity index (χ3n) is 6.25. The number of benzene rings is 2. The molecule has 0 saturated heterocycles. The molecule has 1 N–H and O–H groups in total. The number of nitrogens with zero attached hydrogens (tertiary/aromatic N) is 3. The molecule has 14 heteroatoms. The molecule has 1 aliphatic rings. The summed E-state index contributed by atoms with van der Waals surface area (Å²) in [7, 11) is 0. The Hall–Kier alpha value is -4.98. The van der Waals surface area contributed by atoms with Gasteiger partial charge >= 0.3 is 11.9 Å². The van der Waals surface area contributed by atoms with Gasteiger partial charge in [-0.15, -0.1) is 11.3 Å². The fraction of sp³-hybridized carbons (Fsp3) is 0.231. The quantitative estimate of drug-likeness (QED) is 0.171. The largest absolute Gasteiger partial charge is 0.478 e. The number of carbonyl (C=O) groups excluding carboxylic acids is 3. The zero-order valence-electron chi connectivity index (χ0n) is 20.9. The molecule has 4 rings (SSSR count). The Balaban J connectivity index is 2.01. The van der Waals surface area contributed by atoms with Crippen LogP contribution in [0.1, 0.15) is 71.6 Å². The highest BCUT2D eigenvalue weighted by Crippen LogP contribution is 2.42. The number of nitro groups is 2. The van der Waals surface area contributed by atoms with Gasteiger partial charge in [-0.25, -0.2) is 14.5 Å². The Morgan fingerprint density at radius 2 is 1.60 bits per heavy atom. The predicted molar refractivity (Wildman–Crippen MR) is 141 cm³/mol. The summed E-state index contributed by atoms with van der Waals surface area (Å²) >= 11 is 0.965. The van der Waals surface area contributed by atoms with Crippen molar-refractivity contribution in [2.45, 2.75) is 32.6 Å². The van der Waals surface area contributed by atoms with E-state index in [0.29, 0.717) is 29.4 Å². The van der Waals surface area contributed by atoms with E-state index in [1.807, 2.05) is 0 Å². The van der Waals surface area contributed by atoms with Crippen LogP contribution in [0.3, 0.4) is 0 Å². The number of fused-ring (bicyclic) bond motifs is 1. The molecule has 1 aliphatic carbocycles. The molecule has 0 fully saturated rings. The maximum Gasteiger partial charge on any atom is 0.341 e. The lowest BCUT2D eigenvalue weighted by atomic mass is 9.95. The van der Waals surface area contributed by atoms with Crippen LogP contribution in [0.5, 0.6) is 0 Å². The smallest absolute Gasteiger partial charge is 0.341 e. The van der Waals surface area contributed by atoms with Crippen LogP contribution >= 0.6 is 11.3 Å². The number of esters is 1. The molecule has 2 amide bonds. The Kier molecular flexibility index (Phi) is 8.00. The van der Waals surface area contributed by atoms with E-state index < -0.39 is 61.7 Å². The Bertz CT molecular complexity index is 1580. The fourth-order valence-electron chi connectivity index (χ4n) is 4.46. The number of carbonyl (C=O) groups is 4. The number of aromatic carboxylic acids is 1. The highest BCUT2D eigenvalue weighted by Gasteiger charge is 2.39. The van der Waals surface area contributed by atoms with Crippen LogP contribution in [-0.4, -0.2) is 45.3 Å². The Morgan fingerprint density at radius 1 is 0.950 bits per heavy atom. The van der Waals surface area contributed by atoms with Crippen molar-refractivity contribution in [2.75, 3.05) is 11.5 Å². The molecular weight excluding hydrogens is 546 g/mol. The van der Waals surface area contributed by atoms with Crippen molar-refractivity contribution in [3.63, 3.8) is 0 Å². The summed E-state index contributed by atoms with van der Waals surface area (Å²) in [5, 5.41) is 32.6. The number of carboxylic acids is 1. The average Bonchev–Trinajstić information content (AvgIpc) is 3.31. The zero-order chi connectivity index (χ0) is 29.1. The van der Waals surface area contributed by atoms with Crippen molar-refractivity contribution in [3.05, 3.63) is 95.4 Å². The number of hydrogen-bond donors (Lipinski definition) is 1. The van der Waals surface area contributed by atoms with Crippen LogP contribution in [0.15, 0.2) is 42.5 Å². The number of hydrogen-bond acceptors (Lipinski definition) is 10. The van der Waals surface area contributed by atoms with Gasteiger partial charge in [-0.3, -0.25) is 29.8 Å². The second-order valence-electron chi connectivity index (χ2n) is 8.62. The number of non-ortho nitro benzene ring substituents is 1. The van der Waals surface area contributed by atoms with Gasteiger partial charge in [-0.05, 0) is 56.4 Å². The van der Waals surface area contributed by atoms with Gasteiger partial charge in [-0.1, -0.05) is 12.1 Å². The lowest BCUT2D eigenvalue weighted by Crippen LogP contribution is -2.38. The van der Waals surface area contributed by atoms with Gasteiger partial charge in [-0.2, -0.15) is 0 Å². The van der Waals surface area contributed by atoms with Crippen molar-refractivity contribution >= 4 is 51.5 Å². The van der Waals surface area contributed by atoms with E-state index in [-0.39, 0.29) is 17.2 Å². The molecule has 0 unspecified atom stereocenters. The SMILES string of the molecule is CCOC(=O)c1c(N(C(=O)c2ccccc2C(=O)O)C(=O)c2ccc([N+](=O)[O-])cc2[N+](=O)[O-])sc2c1CCCC2. The maximum absolute atomic E-state index is 14.0. The molecule has 0 radical (unpaired) electrons. The molecule has 40 heavy (non-hydrogen) atoms. The normalized spacial score (nSPS) is 12.2. The topological polar surface area (TPSA) is 187 Å². The number of rotatable bonds is 8. The fourth-order valence-corrected chi connectivity index (χ4v) is 5.83. The molecule has 2 aromatic carbocycles. The van der Waals surface area contributed by atoms with Crippen molar-refractivity contribution in [1.82, 2.24) is 0 Å². The number of carboxylic acid groups (broad SMARTS) is 1. The van der Waals surface area contributed by atoms with E-state index in [1.54, 1.807) is 6.92 Å². The molecule has 0 aliphatic heterocycles. The lowest BCUT2D eigenvalue weighted by molar-refractivity contribution is -0.394. The van der Waals surface area contributed by atoms with Gasteiger partial charge in [0.25, 0.3) is 23.2 Å². The molecule has 0 spiro atoms. The van der Waals surface area contributed by atoms with Gasteiger partial charge < -0.3 is 9.84 Å². The maximum atomic E-state index is 14.0. The minimum Gasteiger partial charge on any atom is -0.478 e. The molecule has 13 nitrogen and oxygen atoms in total. The average molecular weight is 568 g/mol. The number of nitro benzene ring substituents is 2. The highest BCUT2D eigenvalue weighted by molar-refractivity contribution is 7.17. The number of amides is 2. The monoisotopic (exact) mass is 567 g/mol. The van der Waals surface area contributed by atoms with Crippen molar-refractivity contribution in [3.8, 4) is 0 Å². The number of aryl methyl sites for hydroxylation is 1. The van der Waals surface area contributed by atoms with Gasteiger partial charge in [0.05, 0.1) is 39.2 Å². The van der Waals surface area contributed by atoms with Crippen molar-refractivity contribution in [1.29, 1.82) is 0 Å². The number of ether oxygens (including phenoxy) is 1. The zero-order valence-corrected chi connectivity index (χ0v) is 21.8.